The van der Waals surface area contributed by atoms with Crippen molar-refractivity contribution in [3.05, 3.63) is 61.8 Å². The summed E-state index contributed by atoms with van der Waals surface area (Å²) in [6.07, 6.45) is 3.58. The normalized spacial score (nSPS) is 18.7. The first kappa shape index (κ1) is 25.2. The number of rotatable bonds is 6. The number of carbonyl (C=O) groups excluding carboxylic acids is 2. The van der Waals surface area contributed by atoms with E-state index in [0.717, 1.165) is 25.7 Å². The van der Waals surface area contributed by atoms with Gasteiger partial charge >= 0.3 is 0 Å². The number of hydrogen-bond donors (Lipinski definition) is 2. The van der Waals surface area contributed by atoms with Gasteiger partial charge < -0.3 is 20.1 Å². The molecule has 1 aliphatic heterocycles. The average molecular weight is 506 g/mol. The first-order valence-corrected chi connectivity index (χ1v) is 12.1. The van der Waals surface area contributed by atoms with Crippen molar-refractivity contribution in [2.45, 2.75) is 57.8 Å². The summed E-state index contributed by atoms with van der Waals surface area (Å²) < 4.78 is 19.1. The fourth-order valence-corrected chi connectivity index (χ4v) is 4.86. The zero-order valence-corrected chi connectivity index (χ0v) is 20.7. The third-order valence-electron chi connectivity index (χ3n) is 6.47. The summed E-state index contributed by atoms with van der Waals surface area (Å²) in [5.74, 6) is -1.91. The second-order valence-corrected chi connectivity index (χ2v) is 9.52. The van der Waals surface area contributed by atoms with Crippen molar-refractivity contribution in [2.24, 2.45) is 5.92 Å². The number of ether oxygens (including phenoxy) is 1. The highest BCUT2D eigenvalue weighted by molar-refractivity contribution is 6.30. The first-order valence-electron chi connectivity index (χ1n) is 11.7. The Balaban J connectivity index is 0.000000917. The Bertz CT molecular complexity index is 1220. The molecule has 1 aromatic heterocycles. The minimum absolute atomic E-state index is 0.0205. The molecular formula is C25H29ClFN3O5. The third-order valence-corrected chi connectivity index (χ3v) is 6.76. The quantitative estimate of drug-likeness (QED) is 0.624. The fourth-order valence-electron chi connectivity index (χ4n) is 4.66. The molecule has 0 spiro atoms. The van der Waals surface area contributed by atoms with Crippen LogP contribution < -0.4 is 10.9 Å². The van der Waals surface area contributed by atoms with Crippen LogP contribution in [0.4, 0.5) is 4.39 Å². The van der Waals surface area contributed by atoms with E-state index in [1.54, 1.807) is 26.0 Å². The number of hydrogen-bond acceptors (Lipinski definition) is 5. The van der Waals surface area contributed by atoms with Crippen LogP contribution in [0.1, 0.15) is 70.7 Å². The highest BCUT2D eigenvalue weighted by Gasteiger charge is 2.52. The largest absolute Gasteiger partial charge is 0.502 e. The van der Waals surface area contributed by atoms with Crippen LogP contribution in [-0.4, -0.2) is 46.6 Å². The average Bonchev–Trinajstić information content (AvgIpc) is 3.75. The summed E-state index contributed by atoms with van der Waals surface area (Å²) in [4.78, 5) is 41.4. The zero-order valence-electron chi connectivity index (χ0n) is 19.9. The second kappa shape index (κ2) is 9.99. The van der Waals surface area contributed by atoms with Crippen LogP contribution in [0.15, 0.2) is 23.0 Å². The Morgan fingerprint density at radius 2 is 1.89 bits per heavy atom. The molecule has 2 amide bonds. The van der Waals surface area contributed by atoms with E-state index in [1.807, 2.05) is 0 Å². The number of methoxy groups -OCH3 is 1. The van der Waals surface area contributed by atoms with Gasteiger partial charge in [-0.15, -0.1) is 0 Å². The molecule has 2 fully saturated rings. The summed E-state index contributed by atoms with van der Waals surface area (Å²) in [6, 6.07) is 4.19. The minimum Gasteiger partial charge on any atom is -0.502 e. The van der Waals surface area contributed by atoms with Gasteiger partial charge in [0.25, 0.3) is 17.4 Å². The van der Waals surface area contributed by atoms with Crippen LogP contribution in [0.5, 0.6) is 5.75 Å². The number of fused-ring (bicyclic) bond motifs is 1. The number of carbonyl (C=O) groups is 2. The van der Waals surface area contributed by atoms with Crippen LogP contribution in [0.2, 0.25) is 5.02 Å². The maximum Gasteiger partial charge on any atom is 0.295 e. The first-order chi connectivity index (χ1) is 16.7. The van der Waals surface area contributed by atoms with Gasteiger partial charge in [0.05, 0.1) is 10.6 Å². The van der Waals surface area contributed by atoms with E-state index in [4.69, 9.17) is 11.6 Å². The summed E-state index contributed by atoms with van der Waals surface area (Å²) in [5, 5.41) is 13.4. The van der Waals surface area contributed by atoms with E-state index in [0.29, 0.717) is 17.5 Å². The Labute approximate surface area is 207 Å². The lowest BCUT2D eigenvalue weighted by atomic mass is 10.0. The molecule has 1 unspecified atom stereocenters. The predicted molar refractivity (Wildman–Crippen MR) is 128 cm³/mol. The summed E-state index contributed by atoms with van der Waals surface area (Å²) >= 11 is 5.79. The maximum absolute atomic E-state index is 13.4. The van der Waals surface area contributed by atoms with Gasteiger partial charge in [-0.1, -0.05) is 24.6 Å². The van der Waals surface area contributed by atoms with Crippen LogP contribution in [0.3, 0.4) is 0 Å². The Morgan fingerprint density at radius 3 is 2.43 bits per heavy atom. The minimum atomic E-state index is -0.708. The molecule has 188 valence electrons. The van der Waals surface area contributed by atoms with Gasteiger partial charge in [-0.05, 0) is 61.3 Å². The molecule has 2 aliphatic carbocycles. The molecule has 10 heteroatoms. The number of benzene rings is 1. The summed E-state index contributed by atoms with van der Waals surface area (Å²) in [7, 11) is 3.25. The molecule has 1 aromatic carbocycles. The highest BCUT2D eigenvalue weighted by atomic mass is 35.5. The second-order valence-electron chi connectivity index (χ2n) is 9.11. The molecule has 2 aromatic rings. The lowest BCUT2D eigenvalue weighted by Gasteiger charge is -2.25. The molecule has 35 heavy (non-hydrogen) atoms. The lowest BCUT2D eigenvalue weighted by molar-refractivity contribution is 0.0644. The number of nitrogens with zero attached hydrogens (tertiary/aromatic N) is 2. The van der Waals surface area contributed by atoms with Gasteiger partial charge in [-0.3, -0.25) is 19.0 Å². The SMILES string of the molecule is CCc1c(C(=O)NCc2ccc(F)c(Cl)c2)c(O)c(=O)n2c1C(=O)N(C1CC1)C2C1CC1.COC. The molecule has 3 aliphatic rings. The van der Waals surface area contributed by atoms with Gasteiger partial charge in [0.1, 0.15) is 17.7 Å². The van der Waals surface area contributed by atoms with E-state index < -0.39 is 23.0 Å². The van der Waals surface area contributed by atoms with Crippen molar-refractivity contribution in [3.8, 4) is 5.75 Å². The van der Waals surface area contributed by atoms with Crippen molar-refractivity contribution < 1.29 is 23.8 Å². The van der Waals surface area contributed by atoms with E-state index in [-0.39, 0.29) is 46.9 Å². The van der Waals surface area contributed by atoms with Gasteiger partial charge in [-0.2, -0.15) is 0 Å². The molecular weight excluding hydrogens is 477 g/mol. The van der Waals surface area contributed by atoms with Gasteiger partial charge in [0.2, 0.25) is 0 Å². The number of aromatic nitrogens is 1. The van der Waals surface area contributed by atoms with Gasteiger partial charge in [-0.25, -0.2) is 4.39 Å². The van der Waals surface area contributed by atoms with Gasteiger partial charge in [0, 0.05) is 26.8 Å². The zero-order chi connectivity index (χ0) is 25.4. The maximum atomic E-state index is 13.4. The lowest BCUT2D eigenvalue weighted by Crippen LogP contribution is -2.35. The highest BCUT2D eigenvalue weighted by Crippen LogP contribution is 2.49. The summed E-state index contributed by atoms with van der Waals surface area (Å²) in [6.45, 7) is 1.81. The molecule has 8 nitrogen and oxygen atoms in total. The predicted octanol–water partition coefficient (Wildman–Crippen LogP) is 3.63. The standard InChI is InChI=1S/C23H23ClFN3O4.C2H6O/c1-2-14-17(20(30)26-10-11-3-8-16(25)15(24)9-11)19(29)23(32)28-18(14)22(31)27(13-6-7-13)21(28)12-4-5-12;1-3-2/h3,8-9,12-13,21,29H,2,4-7,10H2,1H3,(H,26,30);1-2H3. The van der Waals surface area contributed by atoms with E-state index in [1.165, 1.54) is 22.8 Å². The molecule has 2 N–H and O–H groups in total. The molecule has 2 heterocycles. The number of aromatic hydroxyl groups is 1. The van der Waals surface area contributed by atoms with Crippen LogP contribution in [0.25, 0.3) is 0 Å². The van der Waals surface area contributed by atoms with Crippen molar-refractivity contribution in [1.82, 2.24) is 14.8 Å². The van der Waals surface area contributed by atoms with Crippen LogP contribution in [0, 0.1) is 11.7 Å². The number of halogens is 2. The number of amides is 2. The van der Waals surface area contributed by atoms with Gasteiger partial charge in [0.15, 0.2) is 5.75 Å². The van der Waals surface area contributed by atoms with E-state index in [9.17, 15) is 23.9 Å². The fraction of sp³-hybridized carbons (Fsp3) is 0.480. The van der Waals surface area contributed by atoms with E-state index in [2.05, 4.69) is 10.1 Å². The monoisotopic (exact) mass is 505 g/mol. The van der Waals surface area contributed by atoms with Crippen molar-refractivity contribution in [3.63, 3.8) is 0 Å². The third kappa shape index (κ3) is 4.67. The van der Waals surface area contributed by atoms with Crippen LogP contribution in [-0.2, 0) is 17.7 Å². The molecule has 0 radical (unpaired) electrons. The number of pyridine rings is 1. The van der Waals surface area contributed by atoms with Crippen molar-refractivity contribution in [2.75, 3.05) is 14.2 Å². The Kier molecular flexibility index (Phi) is 7.19. The molecule has 1 atom stereocenters. The van der Waals surface area contributed by atoms with Crippen LogP contribution >= 0.6 is 11.6 Å². The Hall–Kier alpha value is -2.91. The van der Waals surface area contributed by atoms with Crippen molar-refractivity contribution in [1.29, 1.82) is 0 Å². The molecule has 0 bridgehead atoms. The topological polar surface area (TPSA) is 101 Å². The van der Waals surface area contributed by atoms with Crippen molar-refractivity contribution >= 4 is 23.4 Å². The Morgan fingerprint density at radius 1 is 1.23 bits per heavy atom. The summed E-state index contributed by atoms with van der Waals surface area (Å²) in [5.41, 5.74) is 0.271. The molecule has 0 saturated heterocycles. The molecule has 2 saturated carbocycles. The number of nitrogens with one attached hydrogen (secondary N) is 1. The molecule has 5 rings (SSSR count). The van der Waals surface area contributed by atoms with E-state index >= 15 is 0 Å². The smallest absolute Gasteiger partial charge is 0.295 e.